The van der Waals surface area contributed by atoms with Crippen molar-refractivity contribution in [2.24, 2.45) is 0 Å². The maximum Gasteiger partial charge on any atom is 0.225 e. The molecule has 0 N–H and O–H groups in total. The van der Waals surface area contributed by atoms with E-state index in [0.717, 1.165) is 5.56 Å². The number of fused-ring (bicyclic) bond motifs is 1. The molecular formula is C23H17N5O3S. The number of sulfone groups is 1. The summed E-state index contributed by atoms with van der Waals surface area (Å²) in [4.78, 5) is 4.37. The molecule has 0 fully saturated rings. The predicted molar refractivity (Wildman–Crippen MR) is 118 cm³/mol. The highest BCUT2D eigenvalue weighted by atomic mass is 32.2. The zero-order chi connectivity index (χ0) is 22.1. The average molecular weight is 443 g/mol. The molecule has 5 aromatic rings. The summed E-state index contributed by atoms with van der Waals surface area (Å²) in [6.45, 7) is 0. The molecule has 0 aliphatic rings. The van der Waals surface area contributed by atoms with Gasteiger partial charge in [-0.15, -0.1) is 10.2 Å². The zero-order valence-corrected chi connectivity index (χ0v) is 17.8. The van der Waals surface area contributed by atoms with Gasteiger partial charge in [0.2, 0.25) is 9.84 Å². The van der Waals surface area contributed by atoms with E-state index in [1.165, 1.54) is 18.2 Å². The molecule has 0 atom stereocenters. The van der Waals surface area contributed by atoms with Crippen LogP contribution in [0.2, 0.25) is 0 Å². The molecule has 9 heteroatoms. The van der Waals surface area contributed by atoms with Crippen molar-refractivity contribution in [1.29, 1.82) is 0 Å². The summed E-state index contributed by atoms with van der Waals surface area (Å²) >= 11 is 0. The van der Waals surface area contributed by atoms with Gasteiger partial charge in [-0.05, 0) is 36.4 Å². The molecule has 0 aliphatic carbocycles. The summed E-state index contributed by atoms with van der Waals surface area (Å²) in [7, 11) is -2.17. The number of nitrogens with zero attached hydrogens (tertiary/aromatic N) is 5. The van der Waals surface area contributed by atoms with Crippen molar-refractivity contribution in [3.05, 3.63) is 85.3 Å². The van der Waals surface area contributed by atoms with E-state index >= 15 is 0 Å². The van der Waals surface area contributed by atoms with Crippen molar-refractivity contribution in [2.75, 3.05) is 7.11 Å². The maximum absolute atomic E-state index is 12.9. The van der Waals surface area contributed by atoms with E-state index in [2.05, 4.69) is 15.2 Å². The fourth-order valence-electron chi connectivity index (χ4n) is 3.50. The number of hydrogen-bond donors (Lipinski definition) is 0. The topological polar surface area (TPSA) is 99.3 Å². The van der Waals surface area contributed by atoms with Gasteiger partial charge in [-0.25, -0.2) is 12.9 Å². The first-order valence-electron chi connectivity index (χ1n) is 9.69. The van der Waals surface area contributed by atoms with Gasteiger partial charge >= 0.3 is 0 Å². The summed E-state index contributed by atoms with van der Waals surface area (Å²) in [6.07, 6.45) is 5.05. The third-order valence-electron chi connectivity index (χ3n) is 5.03. The van der Waals surface area contributed by atoms with Crippen molar-refractivity contribution in [3.63, 3.8) is 0 Å². The lowest BCUT2D eigenvalue weighted by Gasteiger charge is -2.08. The van der Waals surface area contributed by atoms with Crippen LogP contribution in [0.4, 0.5) is 0 Å². The van der Waals surface area contributed by atoms with Crippen LogP contribution in [0.15, 0.2) is 95.2 Å². The Hall–Kier alpha value is -4.11. The van der Waals surface area contributed by atoms with Gasteiger partial charge in [0.15, 0.2) is 5.03 Å². The Morgan fingerprint density at radius 2 is 1.69 bits per heavy atom. The van der Waals surface area contributed by atoms with Gasteiger partial charge in [0.25, 0.3) is 0 Å². The van der Waals surface area contributed by atoms with Crippen LogP contribution in [0.3, 0.4) is 0 Å². The van der Waals surface area contributed by atoms with Crippen LogP contribution in [0.1, 0.15) is 0 Å². The first-order valence-corrected chi connectivity index (χ1v) is 11.2. The predicted octanol–water partition coefficient (Wildman–Crippen LogP) is 3.69. The third kappa shape index (κ3) is 3.28. The van der Waals surface area contributed by atoms with Crippen LogP contribution in [-0.2, 0) is 9.84 Å². The largest absolute Gasteiger partial charge is 0.496 e. The average Bonchev–Trinajstić information content (AvgIpc) is 3.24. The van der Waals surface area contributed by atoms with E-state index in [1.807, 2.05) is 24.3 Å². The molecule has 2 aromatic carbocycles. The molecule has 0 saturated heterocycles. The summed E-state index contributed by atoms with van der Waals surface area (Å²) in [5.41, 5.74) is 3.26. The third-order valence-corrected chi connectivity index (χ3v) is 6.69. The highest BCUT2D eigenvalue weighted by molar-refractivity contribution is 7.91. The van der Waals surface area contributed by atoms with Crippen molar-refractivity contribution in [3.8, 4) is 28.3 Å². The Morgan fingerprint density at radius 1 is 0.906 bits per heavy atom. The highest BCUT2D eigenvalue weighted by Gasteiger charge is 2.23. The van der Waals surface area contributed by atoms with E-state index < -0.39 is 9.84 Å². The van der Waals surface area contributed by atoms with Crippen molar-refractivity contribution < 1.29 is 13.2 Å². The van der Waals surface area contributed by atoms with Crippen molar-refractivity contribution >= 4 is 15.4 Å². The minimum atomic E-state index is -3.77. The fraction of sp³-hybridized carbons (Fsp3) is 0.0435. The van der Waals surface area contributed by atoms with Crippen LogP contribution < -0.4 is 4.74 Å². The minimum Gasteiger partial charge on any atom is -0.496 e. The van der Waals surface area contributed by atoms with Crippen LogP contribution >= 0.6 is 0 Å². The number of para-hydroxylation sites is 1. The van der Waals surface area contributed by atoms with E-state index in [-0.39, 0.29) is 9.92 Å². The van der Waals surface area contributed by atoms with Crippen LogP contribution in [0, 0.1) is 0 Å². The number of ether oxygens (including phenoxy) is 1. The zero-order valence-electron chi connectivity index (χ0n) is 17.0. The lowest BCUT2D eigenvalue weighted by molar-refractivity contribution is 0.416. The minimum absolute atomic E-state index is 0.124. The fourth-order valence-corrected chi connectivity index (χ4v) is 4.65. The number of aromatic nitrogens is 5. The smallest absolute Gasteiger partial charge is 0.225 e. The molecule has 3 heterocycles. The molecule has 32 heavy (non-hydrogen) atoms. The van der Waals surface area contributed by atoms with Gasteiger partial charge in [-0.3, -0.25) is 4.98 Å². The van der Waals surface area contributed by atoms with Crippen molar-refractivity contribution in [2.45, 2.75) is 9.92 Å². The monoisotopic (exact) mass is 443 g/mol. The van der Waals surface area contributed by atoms with Gasteiger partial charge in [0, 0.05) is 18.0 Å². The summed E-state index contributed by atoms with van der Waals surface area (Å²) in [5, 5.41) is 12.9. The molecule has 158 valence electrons. The Balaban J connectivity index is 1.67. The molecule has 0 spiro atoms. The van der Waals surface area contributed by atoms with Gasteiger partial charge in [0.1, 0.15) is 11.4 Å². The SMILES string of the molecule is COc1ccccc1-c1nn2ccncc2c1-c1ccc(S(=O)(=O)c2ccccc2)nn1. The lowest BCUT2D eigenvalue weighted by atomic mass is 10.0. The van der Waals surface area contributed by atoms with Gasteiger partial charge < -0.3 is 4.74 Å². The normalized spacial score (nSPS) is 11.5. The standard InChI is InChI=1S/C23H17N5O3S/c1-31-20-10-6-5-9-17(20)23-22(19-15-24-13-14-28(19)27-23)18-11-12-21(26-25-18)32(29,30)16-7-3-2-4-8-16/h2-15H,1H3. The van der Waals surface area contributed by atoms with E-state index in [9.17, 15) is 8.42 Å². The molecule has 5 rings (SSSR count). The van der Waals surface area contributed by atoms with Crippen LogP contribution in [0.5, 0.6) is 5.75 Å². The molecule has 0 aliphatic heterocycles. The summed E-state index contributed by atoms with van der Waals surface area (Å²) in [5.74, 6) is 0.654. The highest BCUT2D eigenvalue weighted by Crippen LogP contribution is 2.38. The Morgan fingerprint density at radius 3 is 2.44 bits per heavy atom. The Labute approximate surface area is 184 Å². The molecule has 8 nitrogen and oxygen atoms in total. The molecular weight excluding hydrogens is 426 g/mol. The number of rotatable bonds is 5. The molecule has 3 aromatic heterocycles. The van der Waals surface area contributed by atoms with Crippen LogP contribution in [0.25, 0.3) is 28.0 Å². The molecule has 0 radical (unpaired) electrons. The second-order valence-corrected chi connectivity index (χ2v) is 8.80. The van der Waals surface area contributed by atoms with Crippen LogP contribution in [-0.4, -0.2) is 40.3 Å². The number of benzene rings is 2. The van der Waals surface area contributed by atoms with E-state index in [0.29, 0.717) is 28.2 Å². The molecule has 0 bridgehead atoms. The van der Waals surface area contributed by atoms with Gasteiger partial charge in [-0.1, -0.05) is 30.3 Å². The van der Waals surface area contributed by atoms with Gasteiger partial charge in [-0.2, -0.15) is 5.10 Å². The lowest BCUT2D eigenvalue weighted by Crippen LogP contribution is -2.05. The number of methoxy groups -OCH3 is 1. The van der Waals surface area contributed by atoms with Crippen molar-refractivity contribution in [1.82, 2.24) is 24.8 Å². The van der Waals surface area contributed by atoms with E-state index in [4.69, 9.17) is 9.84 Å². The second kappa shape index (κ2) is 7.86. The summed E-state index contributed by atoms with van der Waals surface area (Å²) < 4.78 is 33.0. The first kappa shape index (κ1) is 19.8. The second-order valence-electron chi connectivity index (χ2n) is 6.90. The summed E-state index contributed by atoms with van der Waals surface area (Å²) in [6, 6.07) is 18.8. The quantitative estimate of drug-likeness (QED) is 0.408. The molecule has 0 unspecified atom stereocenters. The van der Waals surface area contributed by atoms with E-state index in [1.54, 1.807) is 54.5 Å². The maximum atomic E-state index is 12.9. The number of hydrogen-bond acceptors (Lipinski definition) is 7. The van der Waals surface area contributed by atoms with Gasteiger partial charge in [0.05, 0.1) is 35.0 Å². The molecule has 0 saturated carbocycles. The Kier molecular flexibility index (Phi) is 4.87. The molecule has 0 amide bonds. The first-order chi connectivity index (χ1) is 15.6. The Bertz CT molecular complexity index is 1510.